The summed E-state index contributed by atoms with van der Waals surface area (Å²) < 4.78 is 18.8. The number of aliphatic hydroxyl groups is 1. The first-order valence-electron chi connectivity index (χ1n) is 10.9. The highest BCUT2D eigenvalue weighted by Gasteiger charge is 2.33. The first kappa shape index (κ1) is 22.5. The van der Waals surface area contributed by atoms with Crippen LogP contribution in [0.25, 0.3) is 0 Å². The lowest BCUT2D eigenvalue weighted by Crippen LogP contribution is -2.55. The molecule has 1 aliphatic carbocycles. The van der Waals surface area contributed by atoms with Gasteiger partial charge in [-0.15, -0.1) is 0 Å². The Morgan fingerprint density at radius 1 is 1.03 bits per heavy atom. The Kier molecular flexibility index (Phi) is 8.45. The maximum absolute atomic E-state index is 12.9. The van der Waals surface area contributed by atoms with Gasteiger partial charge >= 0.3 is 6.03 Å². The molecule has 4 N–H and O–H groups in total. The van der Waals surface area contributed by atoms with Crippen LogP contribution in [0.4, 0.5) is 9.18 Å². The molecule has 1 aromatic carbocycles. The van der Waals surface area contributed by atoms with Gasteiger partial charge in [0.05, 0.1) is 25.2 Å². The molecule has 0 aromatic heterocycles. The molecular formula is C22H32FN3O4. The quantitative estimate of drug-likeness (QED) is 0.543. The van der Waals surface area contributed by atoms with Gasteiger partial charge in [-0.2, -0.15) is 0 Å². The number of halogens is 1. The lowest BCUT2D eigenvalue weighted by molar-refractivity contribution is -0.130. The van der Waals surface area contributed by atoms with Gasteiger partial charge in [0.2, 0.25) is 5.91 Å². The highest BCUT2D eigenvalue weighted by Crippen LogP contribution is 2.22. The SMILES string of the molecule is O=C(C[C@H]1CC[C@@H](NC(=O)NC2CCCCC2)[C@H](CO)O1)NCc1ccc(F)cc1. The molecule has 0 radical (unpaired) electrons. The monoisotopic (exact) mass is 421 g/mol. The summed E-state index contributed by atoms with van der Waals surface area (Å²) in [6.45, 7) is 0.100. The number of aliphatic hydroxyl groups excluding tert-OH is 1. The summed E-state index contributed by atoms with van der Waals surface area (Å²) in [6.07, 6.45) is 6.11. The molecule has 2 fully saturated rings. The highest BCUT2D eigenvalue weighted by atomic mass is 19.1. The second kappa shape index (κ2) is 11.3. The van der Waals surface area contributed by atoms with Crippen molar-refractivity contribution in [2.75, 3.05) is 6.61 Å². The van der Waals surface area contributed by atoms with Crippen LogP contribution in [-0.2, 0) is 16.1 Å². The largest absolute Gasteiger partial charge is 0.394 e. The molecule has 1 heterocycles. The van der Waals surface area contributed by atoms with Crippen molar-refractivity contribution in [3.05, 3.63) is 35.6 Å². The van der Waals surface area contributed by atoms with Crippen LogP contribution in [0.3, 0.4) is 0 Å². The number of urea groups is 1. The molecular weight excluding hydrogens is 389 g/mol. The van der Waals surface area contributed by atoms with Gasteiger partial charge in [-0.05, 0) is 43.4 Å². The van der Waals surface area contributed by atoms with Crippen molar-refractivity contribution >= 4 is 11.9 Å². The van der Waals surface area contributed by atoms with Crippen LogP contribution in [-0.4, -0.2) is 47.9 Å². The Bertz CT molecular complexity index is 694. The molecule has 0 bridgehead atoms. The van der Waals surface area contributed by atoms with E-state index in [1.807, 2.05) is 0 Å². The molecule has 1 saturated heterocycles. The van der Waals surface area contributed by atoms with Crippen LogP contribution < -0.4 is 16.0 Å². The molecule has 1 saturated carbocycles. The Morgan fingerprint density at radius 2 is 1.77 bits per heavy atom. The molecule has 30 heavy (non-hydrogen) atoms. The van der Waals surface area contributed by atoms with Gasteiger partial charge in [0.25, 0.3) is 0 Å². The summed E-state index contributed by atoms with van der Waals surface area (Å²) in [5, 5.41) is 18.4. The average Bonchev–Trinajstić information content (AvgIpc) is 2.75. The average molecular weight is 422 g/mol. The van der Waals surface area contributed by atoms with Gasteiger partial charge in [-0.25, -0.2) is 9.18 Å². The molecule has 0 spiro atoms. The summed E-state index contributed by atoms with van der Waals surface area (Å²) in [6, 6.07) is 5.69. The van der Waals surface area contributed by atoms with Crippen LogP contribution in [0.15, 0.2) is 24.3 Å². The molecule has 8 heteroatoms. The second-order valence-electron chi connectivity index (χ2n) is 8.22. The van der Waals surface area contributed by atoms with Crippen LogP contribution in [0.2, 0.25) is 0 Å². The van der Waals surface area contributed by atoms with Crippen LogP contribution in [0, 0.1) is 5.82 Å². The van der Waals surface area contributed by atoms with E-state index in [0.29, 0.717) is 19.4 Å². The third kappa shape index (κ3) is 6.95. The van der Waals surface area contributed by atoms with E-state index in [1.54, 1.807) is 12.1 Å². The molecule has 3 atom stereocenters. The Balaban J connectivity index is 1.40. The first-order valence-corrected chi connectivity index (χ1v) is 10.9. The normalized spacial score (nSPS) is 24.8. The molecule has 1 aliphatic heterocycles. The van der Waals surface area contributed by atoms with Gasteiger partial charge in [-0.3, -0.25) is 4.79 Å². The predicted octanol–water partition coefficient (Wildman–Crippen LogP) is 2.37. The number of carbonyl (C=O) groups is 2. The fourth-order valence-corrected chi connectivity index (χ4v) is 4.17. The maximum Gasteiger partial charge on any atom is 0.315 e. The zero-order valence-electron chi connectivity index (χ0n) is 17.2. The van der Waals surface area contributed by atoms with Crippen molar-refractivity contribution < 1.29 is 23.8 Å². The van der Waals surface area contributed by atoms with E-state index in [2.05, 4.69) is 16.0 Å². The number of hydrogen-bond donors (Lipinski definition) is 4. The zero-order chi connectivity index (χ0) is 21.3. The van der Waals surface area contributed by atoms with E-state index in [-0.39, 0.29) is 49.0 Å². The number of amides is 3. The van der Waals surface area contributed by atoms with Gasteiger partial charge in [-0.1, -0.05) is 31.4 Å². The third-order valence-electron chi connectivity index (χ3n) is 5.87. The number of rotatable bonds is 7. The topological polar surface area (TPSA) is 99.7 Å². The fraction of sp³-hybridized carbons (Fsp3) is 0.636. The van der Waals surface area contributed by atoms with Crippen molar-refractivity contribution in [3.63, 3.8) is 0 Å². The van der Waals surface area contributed by atoms with E-state index < -0.39 is 6.10 Å². The number of ether oxygens (including phenoxy) is 1. The van der Waals surface area contributed by atoms with Crippen molar-refractivity contribution in [2.24, 2.45) is 0 Å². The molecule has 1 aromatic rings. The molecule has 2 aliphatic rings. The van der Waals surface area contributed by atoms with Gasteiger partial charge < -0.3 is 25.8 Å². The van der Waals surface area contributed by atoms with Crippen LogP contribution in [0.1, 0.15) is 56.9 Å². The van der Waals surface area contributed by atoms with E-state index >= 15 is 0 Å². The minimum absolute atomic E-state index is 0.164. The second-order valence-corrected chi connectivity index (χ2v) is 8.22. The summed E-state index contributed by atoms with van der Waals surface area (Å²) >= 11 is 0. The predicted molar refractivity (Wildman–Crippen MR) is 110 cm³/mol. The molecule has 3 amide bonds. The number of benzene rings is 1. The highest BCUT2D eigenvalue weighted by molar-refractivity contribution is 5.76. The fourth-order valence-electron chi connectivity index (χ4n) is 4.17. The number of hydrogen-bond acceptors (Lipinski definition) is 4. The van der Waals surface area contributed by atoms with Crippen molar-refractivity contribution in [2.45, 2.75) is 82.2 Å². The number of carbonyl (C=O) groups excluding carboxylic acids is 2. The summed E-state index contributed by atoms with van der Waals surface area (Å²) in [4.78, 5) is 24.5. The Hall–Kier alpha value is -2.19. The minimum atomic E-state index is -0.536. The van der Waals surface area contributed by atoms with E-state index in [4.69, 9.17) is 4.74 Å². The lowest BCUT2D eigenvalue weighted by Gasteiger charge is -2.36. The smallest absolute Gasteiger partial charge is 0.315 e. The van der Waals surface area contributed by atoms with E-state index in [1.165, 1.54) is 18.6 Å². The molecule has 166 valence electrons. The summed E-state index contributed by atoms with van der Waals surface area (Å²) in [5.74, 6) is -0.478. The van der Waals surface area contributed by atoms with Gasteiger partial charge in [0.1, 0.15) is 11.9 Å². The van der Waals surface area contributed by atoms with Crippen molar-refractivity contribution in [1.29, 1.82) is 0 Å². The standard InChI is InChI=1S/C22H32FN3O4/c23-16-8-6-15(7-9-16)13-24-21(28)12-18-10-11-19(20(14-27)30-18)26-22(29)25-17-4-2-1-3-5-17/h6-9,17-20,27H,1-5,10-14H2,(H,24,28)(H2,25,26,29)/t18-,19-,20+/m1/s1. The van der Waals surface area contributed by atoms with Crippen molar-refractivity contribution in [1.82, 2.24) is 16.0 Å². The number of nitrogens with one attached hydrogen (secondary N) is 3. The Morgan fingerprint density at radius 3 is 2.47 bits per heavy atom. The minimum Gasteiger partial charge on any atom is -0.394 e. The van der Waals surface area contributed by atoms with Gasteiger partial charge in [0, 0.05) is 12.6 Å². The first-order chi connectivity index (χ1) is 14.5. The lowest BCUT2D eigenvalue weighted by atomic mass is 9.95. The molecule has 3 rings (SSSR count). The summed E-state index contributed by atoms with van der Waals surface area (Å²) in [5.41, 5.74) is 0.816. The van der Waals surface area contributed by atoms with Gasteiger partial charge in [0.15, 0.2) is 0 Å². The zero-order valence-corrected chi connectivity index (χ0v) is 17.2. The van der Waals surface area contributed by atoms with E-state index in [0.717, 1.165) is 31.2 Å². The van der Waals surface area contributed by atoms with E-state index in [9.17, 15) is 19.1 Å². The molecule has 0 unspecified atom stereocenters. The Labute approximate surface area is 176 Å². The van der Waals surface area contributed by atoms with Crippen molar-refractivity contribution in [3.8, 4) is 0 Å². The maximum atomic E-state index is 12.9. The molecule has 7 nitrogen and oxygen atoms in total. The van der Waals surface area contributed by atoms with Crippen LogP contribution >= 0.6 is 0 Å². The van der Waals surface area contributed by atoms with Crippen LogP contribution in [0.5, 0.6) is 0 Å². The third-order valence-corrected chi connectivity index (χ3v) is 5.87. The summed E-state index contributed by atoms with van der Waals surface area (Å²) in [7, 11) is 0.